The Balaban J connectivity index is 1.90. The molecule has 6 heteroatoms. The molecule has 0 aliphatic carbocycles. The first kappa shape index (κ1) is 13.5. The molecule has 1 aromatic carbocycles. The summed E-state index contributed by atoms with van der Waals surface area (Å²) < 4.78 is 0. The third-order valence-corrected chi connectivity index (χ3v) is 2.91. The number of aryl methyl sites for hydroxylation is 2. The summed E-state index contributed by atoms with van der Waals surface area (Å²) in [6, 6.07) is 8.52. The lowest BCUT2D eigenvalue weighted by molar-refractivity contribution is 0.528. The first-order chi connectivity index (χ1) is 9.19. The molecule has 102 valence electrons. The van der Waals surface area contributed by atoms with E-state index < -0.39 is 0 Å². The van der Waals surface area contributed by atoms with Crippen molar-refractivity contribution in [3.63, 3.8) is 0 Å². The van der Waals surface area contributed by atoms with Crippen molar-refractivity contribution >= 4 is 5.69 Å². The van der Waals surface area contributed by atoms with Crippen molar-refractivity contribution in [2.24, 2.45) is 5.73 Å². The number of hydrogen-bond donors (Lipinski definition) is 1. The molecule has 0 saturated heterocycles. The van der Waals surface area contributed by atoms with E-state index in [1.54, 1.807) is 4.80 Å². The number of benzene rings is 1. The highest BCUT2D eigenvalue weighted by Gasteiger charge is 2.03. The van der Waals surface area contributed by atoms with Crippen LogP contribution in [-0.2, 0) is 19.4 Å². The Labute approximate surface area is 113 Å². The molecule has 0 radical (unpaired) electrons. The van der Waals surface area contributed by atoms with Crippen molar-refractivity contribution in [1.82, 2.24) is 20.2 Å². The van der Waals surface area contributed by atoms with Gasteiger partial charge in [0, 0.05) is 32.7 Å². The topological polar surface area (TPSA) is 72.9 Å². The Hall–Kier alpha value is -1.95. The van der Waals surface area contributed by atoms with Crippen LogP contribution >= 0.6 is 0 Å². The number of nitrogens with zero attached hydrogens (tertiary/aromatic N) is 5. The lowest BCUT2D eigenvalue weighted by Crippen LogP contribution is -2.12. The molecule has 0 aliphatic heterocycles. The van der Waals surface area contributed by atoms with Gasteiger partial charge < -0.3 is 10.6 Å². The van der Waals surface area contributed by atoms with E-state index in [9.17, 15) is 0 Å². The van der Waals surface area contributed by atoms with Crippen LogP contribution in [0.25, 0.3) is 0 Å². The second-order valence-corrected chi connectivity index (χ2v) is 4.65. The van der Waals surface area contributed by atoms with Gasteiger partial charge in [0.05, 0.1) is 6.54 Å². The molecule has 0 amide bonds. The van der Waals surface area contributed by atoms with E-state index in [0.717, 1.165) is 18.7 Å². The van der Waals surface area contributed by atoms with Crippen molar-refractivity contribution in [3.05, 3.63) is 35.7 Å². The van der Waals surface area contributed by atoms with E-state index in [0.29, 0.717) is 13.1 Å². The van der Waals surface area contributed by atoms with E-state index in [1.165, 1.54) is 11.3 Å². The Kier molecular flexibility index (Phi) is 4.46. The Morgan fingerprint density at radius 3 is 2.53 bits per heavy atom. The molecule has 0 bridgehead atoms. The molecule has 6 nitrogen and oxygen atoms in total. The van der Waals surface area contributed by atoms with E-state index in [1.807, 2.05) is 14.1 Å². The van der Waals surface area contributed by atoms with Crippen molar-refractivity contribution in [3.8, 4) is 0 Å². The van der Waals surface area contributed by atoms with Crippen LogP contribution in [0.1, 0.15) is 11.4 Å². The van der Waals surface area contributed by atoms with Gasteiger partial charge in [-0.05, 0) is 29.3 Å². The number of rotatable bonds is 6. The summed E-state index contributed by atoms with van der Waals surface area (Å²) in [5.74, 6) is 0.769. The molecular formula is C13H20N6. The highest BCUT2D eigenvalue weighted by Crippen LogP contribution is 2.13. The van der Waals surface area contributed by atoms with Gasteiger partial charge in [-0.3, -0.25) is 0 Å². The summed E-state index contributed by atoms with van der Waals surface area (Å²) in [7, 11) is 4.07. The summed E-state index contributed by atoms with van der Waals surface area (Å²) in [6.07, 6.45) is 1.72. The van der Waals surface area contributed by atoms with Crippen LogP contribution in [-0.4, -0.2) is 40.8 Å². The quantitative estimate of drug-likeness (QED) is 0.818. The third kappa shape index (κ3) is 3.75. The summed E-state index contributed by atoms with van der Waals surface area (Å²) in [5, 5.41) is 12.2. The zero-order valence-electron chi connectivity index (χ0n) is 11.5. The van der Waals surface area contributed by atoms with Gasteiger partial charge in [0.2, 0.25) is 0 Å². The lowest BCUT2D eigenvalue weighted by Gasteiger charge is -2.12. The highest BCUT2D eigenvalue weighted by molar-refractivity contribution is 5.46. The average Bonchev–Trinajstić information content (AvgIpc) is 2.85. The maximum atomic E-state index is 5.44. The zero-order chi connectivity index (χ0) is 13.7. The monoisotopic (exact) mass is 260 g/mol. The standard InChI is InChI=1S/C13H20N6/c1-18(2)12-6-3-11(4-7-12)5-8-13-15-17-19(16-13)10-9-14/h3-4,6-7H,5,8-10,14H2,1-2H3. The smallest absolute Gasteiger partial charge is 0.175 e. The number of tetrazole rings is 1. The second-order valence-electron chi connectivity index (χ2n) is 4.65. The first-order valence-corrected chi connectivity index (χ1v) is 6.42. The number of hydrogen-bond acceptors (Lipinski definition) is 5. The molecule has 2 rings (SSSR count). The SMILES string of the molecule is CN(C)c1ccc(CCc2nnn(CCN)n2)cc1. The Bertz CT molecular complexity index is 502. The molecule has 0 unspecified atom stereocenters. The highest BCUT2D eigenvalue weighted by atomic mass is 15.6. The molecule has 0 fully saturated rings. The number of anilines is 1. The fourth-order valence-electron chi connectivity index (χ4n) is 1.80. The van der Waals surface area contributed by atoms with Crippen LogP contribution in [0.5, 0.6) is 0 Å². The maximum Gasteiger partial charge on any atom is 0.175 e. The summed E-state index contributed by atoms with van der Waals surface area (Å²) in [4.78, 5) is 3.63. The van der Waals surface area contributed by atoms with Crippen LogP contribution in [0.2, 0.25) is 0 Å². The molecule has 2 aromatic rings. The van der Waals surface area contributed by atoms with Gasteiger partial charge in [0.1, 0.15) is 0 Å². The van der Waals surface area contributed by atoms with Gasteiger partial charge in [-0.15, -0.1) is 10.2 Å². The fourth-order valence-corrected chi connectivity index (χ4v) is 1.80. The summed E-state index contributed by atoms with van der Waals surface area (Å²) >= 11 is 0. The van der Waals surface area contributed by atoms with Crippen LogP contribution in [0.3, 0.4) is 0 Å². The van der Waals surface area contributed by atoms with E-state index in [4.69, 9.17) is 5.73 Å². The van der Waals surface area contributed by atoms with Crippen molar-refractivity contribution < 1.29 is 0 Å². The predicted octanol–water partition coefficient (Wildman–Crippen LogP) is 0.483. The zero-order valence-corrected chi connectivity index (χ0v) is 11.5. The molecule has 0 saturated carbocycles. The van der Waals surface area contributed by atoms with E-state index >= 15 is 0 Å². The van der Waals surface area contributed by atoms with Gasteiger partial charge in [-0.25, -0.2) is 0 Å². The van der Waals surface area contributed by atoms with E-state index in [2.05, 4.69) is 44.6 Å². The van der Waals surface area contributed by atoms with Crippen molar-refractivity contribution in [2.75, 3.05) is 25.5 Å². The molecule has 19 heavy (non-hydrogen) atoms. The van der Waals surface area contributed by atoms with Gasteiger partial charge >= 0.3 is 0 Å². The molecule has 1 heterocycles. The Morgan fingerprint density at radius 2 is 1.89 bits per heavy atom. The minimum absolute atomic E-state index is 0.530. The van der Waals surface area contributed by atoms with Crippen LogP contribution in [0, 0.1) is 0 Å². The van der Waals surface area contributed by atoms with Gasteiger partial charge in [0.15, 0.2) is 5.82 Å². The van der Waals surface area contributed by atoms with Gasteiger partial charge in [-0.1, -0.05) is 12.1 Å². The fraction of sp³-hybridized carbons (Fsp3) is 0.462. The normalized spacial score (nSPS) is 10.7. The minimum Gasteiger partial charge on any atom is -0.378 e. The lowest BCUT2D eigenvalue weighted by atomic mass is 10.1. The van der Waals surface area contributed by atoms with Crippen LogP contribution < -0.4 is 10.6 Å². The van der Waals surface area contributed by atoms with Gasteiger partial charge in [-0.2, -0.15) is 4.80 Å². The average molecular weight is 260 g/mol. The number of nitrogens with two attached hydrogens (primary N) is 1. The van der Waals surface area contributed by atoms with Crippen molar-refractivity contribution in [1.29, 1.82) is 0 Å². The third-order valence-electron chi connectivity index (χ3n) is 2.91. The van der Waals surface area contributed by atoms with E-state index in [-0.39, 0.29) is 0 Å². The molecule has 0 spiro atoms. The molecule has 2 N–H and O–H groups in total. The van der Waals surface area contributed by atoms with Crippen LogP contribution in [0.15, 0.2) is 24.3 Å². The van der Waals surface area contributed by atoms with Gasteiger partial charge in [0.25, 0.3) is 0 Å². The number of aromatic nitrogens is 4. The Morgan fingerprint density at radius 1 is 1.16 bits per heavy atom. The van der Waals surface area contributed by atoms with Crippen molar-refractivity contribution in [2.45, 2.75) is 19.4 Å². The summed E-state index contributed by atoms with van der Waals surface area (Å²) in [5.41, 5.74) is 7.92. The molecular weight excluding hydrogens is 240 g/mol. The largest absolute Gasteiger partial charge is 0.378 e. The summed E-state index contributed by atoms with van der Waals surface area (Å²) in [6.45, 7) is 1.15. The maximum absolute atomic E-state index is 5.44. The first-order valence-electron chi connectivity index (χ1n) is 6.42. The molecule has 0 atom stereocenters. The second kappa shape index (κ2) is 6.29. The predicted molar refractivity (Wildman–Crippen MR) is 75.0 cm³/mol. The molecule has 1 aromatic heterocycles. The molecule has 0 aliphatic rings. The minimum atomic E-state index is 0.530. The van der Waals surface area contributed by atoms with Crippen LogP contribution in [0.4, 0.5) is 5.69 Å².